The molecule has 1 saturated heterocycles. The zero-order valence-electron chi connectivity index (χ0n) is 23.4. The number of hydrogen-bond acceptors (Lipinski definition) is 9. The first kappa shape index (κ1) is 28.0. The minimum Gasteiger partial charge on any atom is -0.455 e. The molecule has 4 aliphatic rings. The van der Waals surface area contributed by atoms with Crippen LogP contribution in [0.15, 0.2) is 41.5 Å². The summed E-state index contributed by atoms with van der Waals surface area (Å²) in [5, 5.41) is 23.9. The minimum absolute atomic E-state index is 0.0264. The molecule has 2 bridgehead atoms. The Morgan fingerprint density at radius 2 is 1.79 bits per heavy atom. The smallest absolute Gasteiger partial charge is 0.338 e. The number of ether oxygens (including phenoxy) is 4. The van der Waals surface area contributed by atoms with Crippen molar-refractivity contribution >= 4 is 17.7 Å². The molecule has 9 heteroatoms. The number of esters is 2. The van der Waals surface area contributed by atoms with Gasteiger partial charge >= 0.3 is 11.9 Å². The number of rotatable bonds is 4. The van der Waals surface area contributed by atoms with Crippen LogP contribution in [0.2, 0.25) is 0 Å². The van der Waals surface area contributed by atoms with E-state index in [1.807, 2.05) is 0 Å². The van der Waals surface area contributed by atoms with Crippen molar-refractivity contribution in [3.05, 3.63) is 47.0 Å². The molecule has 2 unspecified atom stereocenters. The predicted molar refractivity (Wildman–Crippen MR) is 139 cm³/mol. The summed E-state index contributed by atoms with van der Waals surface area (Å²) in [5.74, 6) is -2.49. The van der Waals surface area contributed by atoms with E-state index < -0.39 is 64.3 Å². The van der Waals surface area contributed by atoms with Crippen LogP contribution in [-0.4, -0.2) is 77.3 Å². The highest BCUT2D eigenvalue weighted by atomic mass is 16.6. The van der Waals surface area contributed by atoms with Crippen molar-refractivity contribution in [3.8, 4) is 0 Å². The monoisotopic (exact) mass is 542 g/mol. The Kier molecular flexibility index (Phi) is 6.61. The number of hydrogen-bond donors (Lipinski definition) is 2. The number of fused-ring (bicyclic) bond motifs is 5. The lowest BCUT2D eigenvalue weighted by Gasteiger charge is -2.67. The maximum atomic E-state index is 14.4. The average molecular weight is 543 g/mol. The quantitative estimate of drug-likeness (QED) is 0.436. The van der Waals surface area contributed by atoms with E-state index in [2.05, 4.69) is 0 Å². The van der Waals surface area contributed by atoms with Gasteiger partial charge in [0.15, 0.2) is 5.60 Å². The van der Waals surface area contributed by atoms with Gasteiger partial charge in [0.2, 0.25) is 0 Å². The molecular formula is C30H38O9. The van der Waals surface area contributed by atoms with Crippen LogP contribution in [0.25, 0.3) is 0 Å². The third-order valence-electron chi connectivity index (χ3n) is 10.2. The topological polar surface area (TPSA) is 129 Å². The highest BCUT2D eigenvalue weighted by Crippen LogP contribution is 2.64. The van der Waals surface area contributed by atoms with Gasteiger partial charge in [-0.3, -0.25) is 9.59 Å². The minimum atomic E-state index is -1.83. The van der Waals surface area contributed by atoms with Gasteiger partial charge in [-0.1, -0.05) is 37.6 Å². The number of carbonyl (C=O) groups is 3. The van der Waals surface area contributed by atoms with Gasteiger partial charge in [0.1, 0.15) is 23.6 Å². The Morgan fingerprint density at radius 3 is 2.36 bits per heavy atom. The molecule has 9 nitrogen and oxygen atoms in total. The maximum absolute atomic E-state index is 14.4. The first-order valence-corrected chi connectivity index (χ1v) is 13.5. The van der Waals surface area contributed by atoms with Crippen LogP contribution in [0.1, 0.15) is 64.2 Å². The molecule has 1 aromatic carbocycles. The van der Waals surface area contributed by atoms with Crippen LogP contribution in [-0.2, 0) is 28.5 Å². The van der Waals surface area contributed by atoms with Gasteiger partial charge in [-0.25, -0.2) is 4.79 Å². The lowest BCUT2D eigenvalue weighted by molar-refractivity contribution is -0.346. The largest absolute Gasteiger partial charge is 0.455 e. The number of Topliss-reactive ketones (excluding diaryl/α,β-unsaturated/α-hetero) is 1. The fraction of sp³-hybridized carbons (Fsp3) is 0.633. The molecule has 5 rings (SSSR count). The SMILES string of the molecule is CO[C@H]1C[C@H]2OC[C@@]2(OC(C)=O)C2C(OC(=O)c3ccccc3)[C@]3(O)C[C@H](O)C(C)=C(CC(=O)[C@@]21C)C3(C)C. The van der Waals surface area contributed by atoms with Crippen molar-refractivity contribution < 1.29 is 43.5 Å². The van der Waals surface area contributed by atoms with Gasteiger partial charge in [0.25, 0.3) is 0 Å². The molecule has 212 valence electrons. The molecule has 1 heterocycles. The second-order valence-electron chi connectivity index (χ2n) is 12.3. The molecule has 39 heavy (non-hydrogen) atoms. The zero-order chi connectivity index (χ0) is 28.5. The van der Waals surface area contributed by atoms with Crippen molar-refractivity contribution in [3.63, 3.8) is 0 Å². The first-order valence-electron chi connectivity index (χ1n) is 13.5. The van der Waals surface area contributed by atoms with E-state index in [0.717, 1.165) is 0 Å². The summed E-state index contributed by atoms with van der Waals surface area (Å²) in [5.41, 5.74) is -4.09. The van der Waals surface area contributed by atoms with E-state index >= 15 is 0 Å². The van der Waals surface area contributed by atoms with Crippen LogP contribution in [0.5, 0.6) is 0 Å². The number of carbonyl (C=O) groups excluding carboxylic acids is 3. The molecule has 0 radical (unpaired) electrons. The molecule has 1 aromatic rings. The normalized spacial score (nSPS) is 40.8. The molecular weight excluding hydrogens is 504 g/mol. The van der Waals surface area contributed by atoms with Crippen molar-refractivity contribution in [1.82, 2.24) is 0 Å². The highest BCUT2D eigenvalue weighted by molar-refractivity contribution is 5.91. The van der Waals surface area contributed by atoms with Gasteiger partial charge in [0, 0.05) is 38.7 Å². The van der Waals surface area contributed by atoms with E-state index in [-0.39, 0.29) is 37.2 Å². The Balaban J connectivity index is 1.80. The van der Waals surface area contributed by atoms with Crippen LogP contribution in [0.3, 0.4) is 0 Å². The summed E-state index contributed by atoms with van der Waals surface area (Å²) in [6.07, 6.45) is -3.62. The number of aliphatic hydroxyl groups excluding tert-OH is 1. The van der Waals surface area contributed by atoms with Gasteiger partial charge in [-0.05, 0) is 31.6 Å². The van der Waals surface area contributed by atoms with E-state index in [4.69, 9.17) is 18.9 Å². The van der Waals surface area contributed by atoms with Crippen molar-refractivity contribution in [2.45, 2.75) is 89.5 Å². The second kappa shape index (κ2) is 9.23. The molecule has 3 aliphatic carbocycles. The van der Waals surface area contributed by atoms with Gasteiger partial charge in [0.05, 0.1) is 35.7 Å². The third kappa shape index (κ3) is 3.77. The summed E-state index contributed by atoms with van der Waals surface area (Å²) >= 11 is 0. The Morgan fingerprint density at radius 1 is 1.13 bits per heavy atom. The van der Waals surface area contributed by atoms with Crippen molar-refractivity contribution in [2.75, 3.05) is 13.7 Å². The molecule has 0 spiro atoms. The Labute approximate surface area is 228 Å². The zero-order valence-corrected chi connectivity index (χ0v) is 23.4. The molecule has 3 fully saturated rings. The van der Waals surface area contributed by atoms with Crippen LogP contribution >= 0.6 is 0 Å². The Hall–Kier alpha value is -2.59. The summed E-state index contributed by atoms with van der Waals surface area (Å²) in [7, 11) is 1.51. The summed E-state index contributed by atoms with van der Waals surface area (Å²) in [6, 6.07) is 8.38. The number of benzene rings is 1. The van der Waals surface area contributed by atoms with Crippen molar-refractivity contribution in [1.29, 1.82) is 0 Å². The summed E-state index contributed by atoms with van der Waals surface area (Å²) in [4.78, 5) is 40.6. The number of ketones is 1. The standard InChI is InChI=1S/C30H38O9/c1-16-19-12-21(33)28(5)22(36-6)13-23-29(15-37-23,39-17(2)31)24(28)25(30(35,14-20(16)32)27(19,3)4)38-26(34)18-10-8-7-9-11-18/h7-11,20,22-25,32,35H,12-15H2,1-6H3/t20-,22-,23+,24?,25?,28+,29-,30+/m0/s1. The average Bonchev–Trinajstić information content (AvgIpc) is 2.87. The van der Waals surface area contributed by atoms with Gasteiger partial charge in [-0.2, -0.15) is 0 Å². The molecule has 8 atom stereocenters. The highest BCUT2D eigenvalue weighted by Gasteiger charge is 2.77. The number of aliphatic hydroxyl groups is 2. The lowest BCUT2D eigenvalue weighted by atomic mass is 9.45. The maximum Gasteiger partial charge on any atom is 0.338 e. The molecule has 1 aliphatic heterocycles. The second-order valence-corrected chi connectivity index (χ2v) is 12.3. The van der Waals surface area contributed by atoms with Gasteiger partial charge < -0.3 is 29.2 Å². The molecule has 0 amide bonds. The van der Waals surface area contributed by atoms with Gasteiger partial charge in [-0.15, -0.1) is 0 Å². The molecule has 2 N–H and O–H groups in total. The van der Waals surface area contributed by atoms with E-state index in [0.29, 0.717) is 11.1 Å². The first-order chi connectivity index (χ1) is 18.2. The predicted octanol–water partition coefficient (Wildman–Crippen LogP) is 2.77. The van der Waals surface area contributed by atoms with E-state index in [1.54, 1.807) is 58.0 Å². The number of methoxy groups -OCH3 is 1. The van der Waals surface area contributed by atoms with E-state index in [1.165, 1.54) is 14.0 Å². The lowest BCUT2D eigenvalue weighted by Crippen LogP contribution is -2.81. The van der Waals surface area contributed by atoms with Crippen LogP contribution < -0.4 is 0 Å². The molecule has 2 saturated carbocycles. The fourth-order valence-electron chi connectivity index (χ4n) is 7.80. The molecule has 0 aromatic heterocycles. The fourth-order valence-corrected chi connectivity index (χ4v) is 7.80. The summed E-state index contributed by atoms with van der Waals surface area (Å²) < 4.78 is 24.1. The van der Waals surface area contributed by atoms with E-state index in [9.17, 15) is 24.6 Å². The van der Waals surface area contributed by atoms with Crippen LogP contribution in [0, 0.1) is 16.7 Å². The van der Waals surface area contributed by atoms with Crippen LogP contribution in [0.4, 0.5) is 0 Å². The Bertz CT molecular complexity index is 1220. The third-order valence-corrected chi connectivity index (χ3v) is 10.2. The summed E-state index contributed by atoms with van der Waals surface area (Å²) in [6.45, 7) is 8.39. The van der Waals surface area contributed by atoms with Crippen molar-refractivity contribution in [2.24, 2.45) is 16.7 Å².